The highest BCUT2D eigenvalue weighted by Gasteiger charge is 2.30. The van der Waals surface area contributed by atoms with Crippen molar-refractivity contribution in [3.63, 3.8) is 0 Å². The van der Waals surface area contributed by atoms with Crippen LogP contribution >= 0.6 is 11.3 Å². The molecule has 22 heavy (non-hydrogen) atoms. The first kappa shape index (κ1) is 13.8. The molecule has 0 radical (unpaired) electrons. The summed E-state index contributed by atoms with van der Waals surface area (Å²) in [6.45, 7) is 2.25. The smallest absolute Gasteiger partial charge is 0.318 e. The van der Waals surface area contributed by atoms with Gasteiger partial charge in [-0.1, -0.05) is 6.07 Å². The van der Waals surface area contributed by atoms with Crippen LogP contribution in [0.3, 0.4) is 0 Å². The van der Waals surface area contributed by atoms with E-state index in [2.05, 4.69) is 31.5 Å². The number of rotatable bonds is 3. The van der Waals surface area contributed by atoms with Crippen LogP contribution in [0.2, 0.25) is 0 Å². The zero-order valence-electron chi connectivity index (χ0n) is 12.4. The Hall–Kier alpha value is -1.89. The molecule has 2 aliphatic rings. The van der Waals surface area contributed by atoms with Gasteiger partial charge in [-0.25, -0.2) is 4.79 Å². The number of amides is 2. The van der Waals surface area contributed by atoms with E-state index in [0.717, 1.165) is 50.4 Å². The molecule has 2 amide bonds. The average Bonchev–Trinajstić information content (AvgIpc) is 3.28. The Morgan fingerprint density at radius 1 is 1.36 bits per heavy atom. The zero-order valence-corrected chi connectivity index (χ0v) is 13.2. The van der Waals surface area contributed by atoms with Gasteiger partial charge in [0.05, 0.1) is 12.6 Å². The van der Waals surface area contributed by atoms with E-state index in [4.69, 9.17) is 0 Å². The van der Waals surface area contributed by atoms with Crippen LogP contribution in [0.4, 0.5) is 4.79 Å². The van der Waals surface area contributed by atoms with Gasteiger partial charge in [-0.2, -0.15) is 0 Å². The van der Waals surface area contributed by atoms with Crippen LogP contribution in [0, 0.1) is 0 Å². The van der Waals surface area contributed by atoms with E-state index in [1.54, 1.807) is 11.3 Å². The highest BCUT2D eigenvalue weighted by molar-refractivity contribution is 7.10. The standard InChI is InChI=1S/C15H19N5OS/c21-15(16-10-14-18-17-13-6-2-8-20(13)14)19-7-1-4-11(19)12-5-3-9-22-12/h3,5,9,11H,1-2,4,6-8,10H2,(H,16,21)/t11-/m0/s1. The number of thiophene rings is 1. The van der Waals surface area contributed by atoms with Crippen LogP contribution < -0.4 is 5.32 Å². The molecule has 1 saturated heterocycles. The highest BCUT2D eigenvalue weighted by atomic mass is 32.1. The third-order valence-corrected chi connectivity index (χ3v) is 5.44. The molecule has 4 heterocycles. The van der Waals surface area contributed by atoms with Gasteiger partial charge in [0.25, 0.3) is 0 Å². The van der Waals surface area contributed by atoms with Crippen molar-refractivity contribution in [2.24, 2.45) is 0 Å². The predicted octanol–water partition coefficient (Wildman–Crippen LogP) is 2.33. The van der Waals surface area contributed by atoms with Crippen molar-refractivity contribution in [1.29, 1.82) is 0 Å². The summed E-state index contributed by atoms with van der Waals surface area (Å²) >= 11 is 1.73. The molecule has 116 valence electrons. The molecule has 6 nitrogen and oxygen atoms in total. The van der Waals surface area contributed by atoms with Crippen LogP contribution in [0.5, 0.6) is 0 Å². The molecule has 2 aromatic rings. The molecule has 0 unspecified atom stereocenters. The molecule has 0 aromatic carbocycles. The minimum Gasteiger partial charge on any atom is -0.331 e. The highest BCUT2D eigenvalue weighted by Crippen LogP contribution is 2.34. The second kappa shape index (κ2) is 5.72. The normalized spacial score (nSPS) is 20.4. The van der Waals surface area contributed by atoms with Crippen LogP contribution in [0.25, 0.3) is 0 Å². The van der Waals surface area contributed by atoms with Gasteiger partial charge in [0.1, 0.15) is 5.82 Å². The molecular formula is C15H19N5OS. The lowest BCUT2D eigenvalue weighted by Crippen LogP contribution is -2.39. The van der Waals surface area contributed by atoms with Crippen molar-refractivity contribution in [2.75, 3.05) is 6.54 Å². The van der Waals surface area contributed by atoms with Gasteiger partial charge in [0.2, 0.25) is 0 Å². The first-order valence-electron chi connectivity index (χ1n) is 7.82. The zero-order chi connectivity index (χ0) is 14.9. The number of hydrogen-bond donors (Lipinski definition) is 1. The molecule has 7 heteroatoms. The summed E-state index contributed by atoms with van der Waals surface area (Å²) in [5.41, 5.74) is 0. The Bertz CT molecular complexity index is 666. The van der Waals surface area contributed by atoms with E-state index in [-0.39, 0.29) is 12.1 Å². The lowest BCUT2D eigenvalue weighted by Gasteiger charge is -2.24. The molecule has 1 fully saturated rings. The predicted molar refractivity (Wildman–Crippen MR) is 83.6 cm³/mol. The van der Waals surface area contributed by atoms with E-state index in [1.807, 2.05) is 11.0 Å². The molecule has 0 saturated carbocycles. The number of nitrogens with one attached hydrogen (secondary N) is 1. The lowest BCUT2D eigenvalue weighted by molar-refractivity contribution is 0.193. The molecule has 1 atom stereocenters. The van der Waals surface area contributed by atoms with Crippen LogP contribution in [0.15, 0.2) is 17.5 Å². The van der Waals surface area contributed by atoms with Crippen molar-refractivity contribution in [3.05, 3.63) is 34.0 Å². The number of carbonyl (C=O) groups is 1. The molecule has 0 aliphatic carbocycles. The maximum Gasteiger partial charge on any atom is 0.318 e. The van der Waals surface area contributed by atoms with E-state index in [1.165, 1.54) is 4.88 Å². The molecule has 1 N–H and O–H groups in total. The SMILES string of the molecule is O=C(NCc1nnc2n1CCC2)N1CCC[C@H]1c1cccs1. The molecule has 0 spiro atoms. The maximum atomic E-state index is 12.5. The largest absolute Gasteiger partial charge is 0.331 e. The first-order chi connectivity index (χ1) is 10.8. The summed E-state index contributed by atoms with van der Waals surface area (Å²) in [5, 5.41) is 13.5. The number of likely N-dealkylation sites (tertiary alicyclic amines) is 1. The number of hydrogen-bond acceptors (Lipinski definition) is 4. The Morgan fingerprint density at radius 2 is 2.32 bits per heavy atom. The minimum absolute atomic E-state index is 0.00578. The monoisotopic (exact) mass is 317 g/mol. The Kier molecular flexibility index (Phi) is 3.57. The third-order valence-electron chi connectivity index (χ3n) is 4.47. The maximum absolute atomic E-state index is 12.5. The summed E-state index contributed by atoms with van der Waals surface area (Å²) < 4.78 is 2.13. The van der Waals surface area contributed by atoms with Gasteiger partial charge in [-0.05, 0) is 30.7 Å². The van der Waals surface area contributed by atoms with Gasteiger partial charge < -0.3 is 14.8 Å². The van der Waals surface area contributed by atoms with E-state index in [9.17, 15) is 4.79 Å². The third kappa shape index (κ3) is 2.39. The molecule has 2 aliphatic heterocycles. The number of urea groups is 1. The quantitative estimate of drug-likeness (QED) is 0.945. The Morgan fingerprint density at radius 3 is 3.18 bits per heavy atom. The summed E-state index contributed by atoms with van der Waals surface area (Å²) in [5.74, 6) is 1.91. The molecular weight excluding hydrogens is 298 g/mol. The fourth-order valence-corrected chi connectivity index (χ4v) is 4.26. The van der Waals surface area contributed by atoms with Crippen LogP contribution in [0.1, 0.15) is 41.8 Å². The summed E-state index contributed by atoms with van der Waals surface area (Å²) in [6.07, 6.45) is 4.23. The fourth-order valence-electron chi connectivity index (χ4n) is 3.38. The number of nitrogens with zero attached hydrogens (tertiary/aromatic N) is 4. The van der Waals surface area contributed by atoms with E-state index in [0.29, 0.717) is 6.54 Å². The molecule has 2 aromatic heterocycles. The second-order valence-electron chi connectivity index (χ2n) is 5.81. The topological polar surface area (TPSA) is 63.1 Å². The number of fused-ring (bicyclic) bond motifs is 1. The first-order valence-corrected chi connectivity index (χ1v) is 8.70. The van der Waals surface area contributed by atoms with Crippen LogP contribution in [-0.4, -0.2) is 32.2 Å². The van der Waals surface area contributed by atoms with Gasteiger partial charge in [-0.15, -0.1) is 21.5 Å². The number of aromatic nitrogens is 3. The second-order valence-corrected chi connectivity index (χ2v) is 6.79. The van der Waals surface area contributed by atoms with E-state index < -0.39 is 0 Å². The van der Waals surface area contributed by atoms with Gasteiger partial charge in [-0.3, -0.25) is 0 Å². The van der Waals surface area contributed by atoms with Gasteiger partial charge in [0, 0.05) is 24.4 Å². The molecule has 4 rings (SSSR count). The average molecular weight is 317 g/mol. The minimum atomic E-state index is 0.00578. The van der Waals surface area contributed by atoms with Crippen molar-refractivity contribution in [1.82, 2.24) is 25.0 Å². The lowest BCUT2D eigenvalue weighted by atomic mass is 10.2. The van der Waals surface area contributed by atoms with Crippen molar-refractivity contribution in [2.45, 2.75) is 44.8 Å². The van der Waals surface area contributed by atoms with Crippen molar-refractivity contribution in [3.8, 4) is 0 Å². The van der Waals surface area contributed by atoms with Crippen molar-refractivity contribution >= 4 is 17.4 Å². The summed E-state index contributed by atoms with van der Waals surface area (Å²) in [4.78, 5) is 15.7. The van der Waals surface area contributed by atoms with Gasteiger partial charge >= 0.3 is 6.03 Å². The number of aryl methyl sites for hydroxylation is 1. The Balaban J connectivity index is 1.41. The fraction of sp³-hybridized carbons (Fsp3) is 0.533. The van der Waals surface area contributed by atoms with Gasteiger partial charge in [0.15, 0.2) is 5.82 Å². The summed E-state index contributed by atoms with van der Waals surface area (Å²) in [6, 6.07) is 4.40. The molecule has 0 bridgehead atoms. The number of carbonyl (C=O) groups excluding carboxylic acids is 1. The van der Waals surface area contributed by atoms with Crippen molar-refractivity contribution < 1.29 is 4.79 Å². The van der Waals surface area contributed by atoms with Crippen LogP contribution in [-0.2, 0) is 19.5 Å². The summed E-state index contributed by atoms with van der Waals surface area (Å²) in [7, 11) is 0. The Labute approximate surface area is 133 Å². The van der Waals surface area contributed by atoms with E-state index >= 15 is 0 Å².